The van der Waals surface area contributed by atoms with Crippen LogP contribution in [-0.4, -0.2) is 4.98 Å². The second-order valence-corrected chi connectivity index (χ2v) is 2.93. The molecular weight excluding hydrogens is 146 g/mol. The highest BCUT2D eigenvalue weighted by Gasteiger charge is 2.16. The Labute approximate surface area is 62.9 Å². The molecule has 50 valence electrons. The maximum absolute atomic E-state index is 5.21. The molecular formula is C7H5NOS. The summed E-state index contributed by atoms with van der Waals surface area (Å²) in [6.45, 7) is 3.67. The summed E-state index contributed by atoms with van der Waals surface area (Å²) in [7, 11) is 0. The Morgan fingerprint density at radius 3 is 3.30 bits per heavy atom. The Balaban J connectivity index is 2.51. The van der Waals surface area contributed by atoms with E-state index in [0.29, 0.717) is 5.09 Å². The predicted molar refractivity (Wildman–Crippen MR) is 39.9 cm³/mol. The number of fused-ring (bicyclic) bond motifs is 1. The van der Waals surface area contributed by atoms with Crippen molar-refractivity contribution in [3.8, 4) is 5.75 Å². The minimum absolute atomic E-state index is 0.703. The van der Waals surface area contributed by atoms with Crippen LogP contribution in [-0.2, 0) is 0 Å². The average molecular weight is 151 g/mol. The first-order valence-corrected chi connectivity index (χ1v) is 3.67. The van der Waals surface area contributed by atoms with Crippen LogP contribution in [0.2, 0.25) is 0 Å². The number of rotatable bonds is 0. The first-order chi connectivity index (χ1) is 4.86. The molecule has 0 atom stereocenters. The fourth-order valence-corrected chi connectivity index (χ4v) is 1.45. The lowest BCUT2D eigenvalue weighted by Gasteiger charge is -1.91. The molecule has 0 amide bonds. The quantitative estimate of drug-likeness (QED) is 0.566. The Hall–Kier alpha value is -0.960. The minimum atomic E-state index is 0.703. The zero-order chi connectivity index (χ0) is 6.97. The van der Waals surface area contributed by atoms with Gasteiger partial charge in [-0.15, -0.1) is 0 Å². The molecule has 3 heteroatoms. The third-order valence-corrected chi connectivity index (χ3v) is 1.98. The van der Waals surface area contributed by atoms with Crippen molar-refractivity contribution in [3.63, 3.8) is 0 Å². The van der Waals surface area contributed by atoms with E-state index in [1.54, 1.807) is 6.20 Å². The van der Waals surface area contributed by atoms with Crippen molar-refractivity contribution in [2.24, 2.45) is 0 Å². The molecule has 1 aliphatic rings. The van der Waals surface area contributed by atoms with E-state index in [-0.39, 0.29) is 0 Å². The monoisotopic (exact) mass is 151 g/mol. The van der Waals surface area contributed by atoms with Crippen LogP contribution >= 0.6 is 11.8 Å². The number of pyridine rings is 1. The van der Waals surface area contributed by atoms with E-state index in [1.165, 1.54) is 11.8 Å². The number of aromatic nitrogens is 1. The van der Waals surface area contributed by atoms with Gasteiger partial charge in [0, 0.05) is 6.20 Å². The van der Waals surface area contributed by atoms with Gasteiger partial charge in [0.2, 0.25) is 0 Å². The molecule has 2 heterocycles. The summed E-state index contributed by atoms with van der Waals surface area (Å²) in [5.74, 6) is 0.817. The van der Waals surface area contributed by atoms with E-state index in [1.807, 2.05) is 12.1 Å². The molecule has 1 aromatic rings. The van der Waals surface area contributed by atoms with Gasteiger partial charge in [0.25, 0.3) is 0 Å². The summed E-state index contributed by atoms with van der Waals surface area (Å²) in [6.07, 6.45) is 1.74. The Morgan fingerprint density at radius 2 is 2.50 bits per heavy atom. The molecule has 0 aliphatic carbocycles. The number of hydrogen-bond acceptors (Lipinski definition) is 3. The highest BCUT2D eigenvalue weighted by Crippen LogP contribution is 2.39. The van der Waals surface area contributed by atoms with Crippen molar-refractivity contribution in [2.45, 2.75) is 5.03 Å². The van der Waals surface area contributed by atoms with Crippen LogP contribution in [0.1, 0.15) is 0 Å². The van der Waals surface area contributed by atoms with Crippen LogP contribution in [0, 0.1) is 0 Å². The molecule has 0 radical (unpaired) electrons. The minimum Gasteiger partial charge on any atom is -0.448 e. The Morgan fingerprint density at radius 1 is 1.60 bits per heavy atom. The van der Waals surface area contributed by atoms with Gasteiger partial charge in [0.1, 0.15) is 5.03 Å². The molecule has 0 fully saturated rings. The van der Waals surface area contributed by atoms with Gasteiger partial charge in [-0.1, -0.05) is 0 Å². The smallest absolute Gasteiger partial charge is 0.160 e. The Bertz CT molecular complexity index is 258. The number of hydrogen-bond donors (Lipinski definition) is 0. The van der Waals surface area contributed by atoms with Gasteiger partial charge in [-0.2, -0.15) is 0 Å². The van der Waals surface area contributed by atoms with Crippen LogP contribution in [0.15, 0.2) is 35.0 Å². The topological polar surface area (TPSA) is 22.1 Å². The van der Waals surface area contributed by atoms with Gasteiger partial charge in [-0.3, -0.25) is 0 Å². The first kappa shape index (κ1) is 5.80. The number of thioether (sulfide) groups is 1. The third kappa shape index (κ3) is 0.789. The van der Waals surface area contributed by atoms with Crippen molar-refractivity contribution < 1.29 is 4.74 Å². The van der Waals surface area contributed by atoms with Crippen molar-refractivity contribution >= 4 is 11.8 Å². The normalized spacial score (nSPS) is 14.6. The van der Waals surface area contributed by atoms with E-state index in [4.69, 9.17) is 4.74 Å². The molecule has 0 bridgehead atoms. The maximum Gasteiger partial charge on any atom is 0.160 e. The average Bonchev–Trinajstić information content (AvgIpc) is 2.27. The molecule has 0 aromatic carbocycles. The van der Waals surface area contributed by atoms with Crippen molar-refractivity contribution in [1.82, 2.24) is 4.98 Å². The molecule has 2 nitrogen and oxygen atoms in total. The zero-order valence-corrected chi connectivity index (χ0v) is 6.02. The lowest BCUT2D eigenvalue weighted by molar-refractivity contribution is 0.466. The Kier molecular flexibility index (Phi) is 1.17. The summed E-state index contributed by atoms with van der Waals surface area (Å²) >= 11 is 1.46. The van der Waals surface area contributed by atoms with E-state index in [2.05, 4.69) is 11.6 Å². The van der Waals surface area contributed by atoms with E-state index < -0.39 is 0 Å². The number of ether oxygens (including phenoxy) is 1. The van der Waals surface area contributed by atoms with Gasteiger partial charge >= 0.3 is 0 Å². The molecule has 0 unspecified atom stereocenters. The van der Waals surface area contributed by atoms with Crippen molar-refractivity contribution in [1.29, 1.82) is 0 Å². The molecule has 0 saturated carbocycles. The highest BCUT2D eigenvalue weighted by molar-refractivity contribution is 8.03. The summed E-state index contributed by atoms with van der Waals surface area (Å²) in [5, 5.41) is 1.61. The molecule has 1 aromatic heterocycles. The van der Waals surface area contributed by atoms with Crippen LogP contribution in [0.4, 0.5) is 0 Å². The van der Waals surface area contributed by atoms with Gasteiger partial charge in [0.05, 0.1) is 0 Å². The molecule has 1 aliphatic heterocycles. The molecule has 2 rings (SSSR count). The summed E-state index contributed by atoms with van der Waals surface area (Å²) in [6, 6.07) is 3.73. The highest BCUT2D eigenvalue weighted by atomic mass is 32.2. The maximum atomic E-state index is 5.21. The fraction of sp³-hybridized carbons (Fsp3) is 0. The van der Waals surface area contributed by atoms with Crippen LogP contribution in [0.5, 0.6) is 5.75 Å². The zero-order valence-electron chi connectivity index (χ0n) is 5.20. The molecule has 0 spiro atoms. The third-order valence-electron chi connectivity index (χ3n) is 1.17. The second kappa shape index (κ2) is 2.02. The standard InChI is InChI=1S/C7H5NOS/c1-5-9-6-3-2-4-8-7(6)10-5/h2-4H,1H2. The van der Waals surface area contributed by atoms with Gasteiger partial charge < -0.3 is 4.74 Å². The van der Waals surface area contributed by atoms with E-state index in [9.17, 15) is 0 Å². The SMILES string of the molecule is C=C1Oc2cccnc2S1. The predicted octanol–water partition coefficient (Wildman–Crippen LogP) is 2.04. The lowest BCUT2D eigenvalue weighted by Crippen LogP contribution is -1.79. The van der Waals surface area contributed by atoms with Gasteiger partial charge in [-0.25, -0.2) is 4.98 Å². The van der Waals surface area contributed by atoms with Crippen LogP contribution in [0.3, 0.4) is 0 Å². The molecule has 10 heavy (non-hydrogen) atoms. The largest absolute Gasteiger partial charge is 0.448 e. The van der Waals surface area contributed by atoms with E-state index >= 15 is 0 Å². The first-order valence-electron chi connectivity index (χ1n) is 2.86. The molecule has 0 saturated heterocycles. The fourth-order valence-electron chi connectivity index (χ4n) is 0.782. The van der Waals surface area contributed by atoms with E-state index in [0.717, 1.165) is 10.8 Å². The summed E-state index contributed by atoms with van der Waals surface area (Å²) in [5.41, 5.74) is 0. The van der Waals surface area contributed by atoms with Crippen LogP contribution in [0.25, 0.3) is 0 Å². The van der Waals surface area contributed by atoms with Gasteiger partial charge in [0.15, 0.2) is 10.8 Å². The van der Waals surface area contributed by atoms with Crippen LogP contribution < -0.4 is 4.74 Å². The molecule has 0 N–H and O–H groups in total. The summed E-state index contributed by atoms with van der Waals surface area (Å²) < 4.78 is 5.21. The van der Waals surface area contributed by atoms with Crippen molar-refractivity contribution in [3.05, 3.63) is 30.0 Å². The number of nitrogens with zero attached hydrogens (tertiary/aromatic N) is 1. The summed E-state index contributed by atoms with van der Waals surface area (Å²) in [4.78, 5) is 4.09. The van der Waals surface area contributed by atoms with Gasteiger partial charge in [-0.05, 0) is 30.5 Å². The van der Waals surface area contributed by atoms with Crippen molar-refractivity contribution in [2.75, 3.05) is 0 Å². The second-order valence-electron chi connectivity index (χ2n) is 1.88. The lowest BCUT2D eigenvalue weighted by atomic mass is 10.5.